The summed E-state index contributed by atoms with van der Waals surface area (Å²) in [6, 6.07) is 30.5. The number of hydrogen-bond donors (Lipinski definition) is 1. The summed E-state index contributed by atoms with van der Waals surface area (Å²) in [4.78, 5) is 34.2. The van der Waals surface area contributed by atoms with Crippen LogP contribution < -0.4 is 10.9 Å². The average Bonchev–Trinajstić information content (AvgIpc) is 2.92. The molecular weight excluding hydrogens is 564 g/mol. The topological polar surface area (TPSA) is 67.2 Å². The quantitative estimate of drug-likeness (QED) is 0.222. The van der Waals surface area contributed by atoms with E-state index in [0.29, 0.717) is 39.7 Å². The number of nitrogens with zero attached hydrogens (tertiary/aromatic N) is 3. The van der Waals surface area contributed by atoms with E-state index in [1.165, 1.54) is 4.57 Å². The van der Waals surface area contributed by atoms with Gasteiger partial charge in [0.1, 0.15) is 5.82 Å². The Morgan fingerprint density at radius 2 is 1.68 bits per heavy atom. The number of anilines is 1. The van der Waals surface area contributed by atoms with Crippen LogP contribution in [0, 0.1) is 0 Å². The van der Waals surface area contributed by atoms with Crippen LogP contribution in [0.15, 0.2) is 112 Å². The number of hydrogen-bond acceptors (Lipinski definition) is 3. The van der Waals surface area contributed by atoms with Crippen molar-refractivity contribution in [2.24, 2.45) is 0 Å². The zero-order valence-electron chi connectivity index (χ0n) is 20.5. The third kappa shape index (κ3) is 5.35. The van der Waals surface area contributed by atoms with Crippen LogP contribution in [0.5, 0.6) is 0 Å². The normalized spacial score (nSPS) is 11.8. The van der Waals surface area contributed by atoms with Crippen LogP contribution >= 0.6 is 27.5 Å². The summed E-state index contributed by atoms with van der Waals surface area (Å²) in [7, 11) is 0. The molecule has 0 aliphatic carbocycles. The predicted molar refractivity (Wildman–Crippen MR) is 156 cm³/mol. The first-order valence-electron chi connectivity index (χ1n) is 12.1. The maximum Gasteiger partial charge on any atom is 0.322 e. The van der Waals surface area contributed by atoms with Gasteiger partial charge in [0.25, 0.3) is 5.56 Å². The molecule has 0 saturated heterocycles. The summed E-state index contributed by atoms with van der Waals surface area (Å²) < 4.78 is 2.36. The number of halogens is 2. The molecule has 0 fully saturated rings. The molecule has 1 N–H and O–H groups in total. The molecule has 0 bridgehead atoms. The van der Waals surface area contributed by atoms with Crippen LogP contribution in [-0.4, -0.2) is 20.5 Å². The molecule has 4 aromatic carbocycles. The highest BCUT2D eigenvalue weighted by molar-refractivity contribution is 9.10. The van der Waals surface area contributed by atoms with Crippen molar-refractivity contribution in [2.45, 2.75) is 19.5 Å². The number of nitrogens with one attached hydrogen (secondary N) is 1. The number of fused-ring (bicyclic) bond motifs is 1. The predicted octanol–water partition coefficient (Wildman–Crippen LogP) is 7.60. The fourth-order valence-electron chi connectivity index (χ4n) is 4.36. The zero-order valence-corrected chi connectivity index (χ0v) is 22.9. The molecule has 0 aliphatic rings. The van der Waals surface area contributed by atoms with Gasteiger partial charge in [-0.2, -0.15) is 0 Å². The summed E-state index contributed by atoms with van der Waals surface area (Å²) in [6.45, 7) is 2.17. The first-order chi connectivity index (χ1) is 18.4. The second-order valence-corrected chi connectivity index (χ2v) is 10.1. The number of carbonyl (C=O) groups is 1. The molecule has 0 saturated carbocycles. The highest BCUT2D eigenvalue weighted by Crippen LogP contribution is 2.28. The van der Waals surface area contributed by atoms with E-state index in [4.69, 9.17) is 16.6 Å². The van der Waals surface area contributed by atoms with E-state index in [9.17, 15) is 9.59 Å². The minimum absolute atomic E-state index is 0.252. The Balaban J connectivity index is 1.66. The van der Waals surface area contributed by atoms with Crippen molar-refractivity contribution in [2.75, 3.05) is 5.32 Å². The van der Waals surface area contributed by atoms with Crippen LogP contribution in [-0.2, 0) is 6.54 Å². The third-order valence-electron chi connectivity index (χ3n) is 6.27. The van der Waals surface area contributed by atoms with Crippen LogP contribution in [0.4, 0.5) is 10.5 Å². The smallest absolute Gasteiger partial charge is 0.310 e. The van der Waals surface area contributed by atoms with Crippen LogP contribution in [0.1, 0.15) is 24.4 Å². The van der Waals surface area contributed by atoms with E-state index in [1.807, 2.05) is 79.7 Å². The second kappa shape index (κ2) is 11.2. The van der Waals surface area contributed by atoms with Crippen LogP contribution in [0.3, 0.4) is 0 Å². The molecule has 38 heavy (non-hydrogen) atoms. The Hall–Kier alpha value is -3.94. The van der Waals surface area contributed by atoms with Gasteiger partial charge in [0.05, 0.1) is 27.7 Å². The van der Waals surface area contributed by atoms with Gasteiger partial charge in [0, 0.05) is 16.7 Å². The number of rotatable bonds is 6. The largest absolute Gasteiger partial charge is 0.322 e. The molecule has 8 heteroatoms. The van der Waals surface area contributed by atoms with Gasteiger partial charge in [-0.15, -0.1) is 0 Å². The highest BCUT2D eigenvalue weighted by atomic mass is 79.9. The van der Waals surface area contributed by atoms with Gasteiger partial charge in [-0.25, -0.2) is 9.78 Å². The first kappa shape index (κ1) is 25.7. The van der Waals surface area contributed by atoms with Crippen molar-refractivity contribution in [3.05, 3.63) is 134 Å². The molecule has 2 amide bonds. The molecule has 1 atom stereocenters. The molecule has 0 spiro atoms. The molecule has 1 heterocycles. The fraction of sp³-hybridized carbons (Fsp3) is 0.100. The van der Waals surface area contributed by atoms with Gasteiger partial charge in [0.15, 0.2) is 0 Å². The lowest BCUT2D eigenvalue weighted by Crippen LogP contribution is -2.39. The maximum absolute atomic E-state index is 13.8. The van der Waals surface area contributed by atoms with Crippen molar-refractivity contribution in [1.82, 2.24) is 14.5 Å². The number of amides is 2. The molecule has 1 unspecified atom stereocenters. The minimum Gasteiger partial charge on any atom is -0.310 e. The average molecular weight is 588 g/mol. The van der Waals surface area contributed by atoms with Gasteiger partial charge < -0.3 is 10.2 Å². The molecule has 0 radical (unpaired) electrons. The Kier molecular flexibility index (Phi) is 7.58. The van der Waals surface area contributed by atoms with Crippen LogP contribution in [0.2, 0.25) is 5.02 Å². The second-order valence-electron chi connectivity index (χ2n) is 8.81. The van der Waals surface area contributed by atoms with Crippen LogP contribution in [0.25, 0.3) is 16.6 Å². The van der Waals surface area contributed by atoms with Crippen molar-refractivity contribution < 1.29 is 4.79 Å². The van der Waals surface area contributed by atoms with E-state index in [-0.39, 0.29) is 11.6 Å². The number of carbonyl (C=O) groups excluding carboxylic acids is 1. The zero-order chi connectivity index (χ0) is 26.6. The lowest BCUT2D eigenvalue weighted by atomic mass is 10.1. The number of aromatic nitrogens is 2. The molecule has 0 aliphatic heterocycles. The first-order valence-corrected chi connectivity index (χ1v) is 13.2. The monoisotopic (exact) mass is 586 g/mol. The summed E-state index contributed by atoms with van der Waals surface area (Å²) >= 11 is 10.0. The lowest BCUT2D eigenvalue weighted by molar-refractivity contribution is 0.185. The van der Waals surface area contributed by atoms with Gasteiger partial charge in [-0.05, 0) is 55.0 Å². The van der Waals surface area contributed by atoms with E-state index >= 15 is 0 Å². The summed E-state index contributed by atoms with van der Waals surface area (Å²) in [5.41, 5.74) is 2.39. The number of benzene rings is 4. The van der Waals surface area contributed by atoms with E-state index in [1.54, 1.807) is 35.2 Å². The van der Waals surface area contributed by atoms with Crippen molar-refractivity contribution >= 4 is 50.2 Å². The van der Waals surface area contributed by atoms with E-state index in [2.05, 4.69) is 21.2 Å². The van der Waals surface area contributed by atoms with Crippen molar-refractivity contribution in [3.63, 3.8) is 0 Å². The highest BCUT2D eigenvalue weighted by Gasteiger charge is 2.28. The number of para-hydroxylation sites is 2. The molecule has 5 aromatic rings. The summed E-state index contributed by atoms with van der Waals surface area (Å²) in [5.74, 6) is 0.405. The van der Waals surface area contributed by atoms with Gasteiger partial charge >= 0.3 is 6.03 Å². The van der Waals surface area contributed by atoms with Gasteiger partial charge in [-0.1, -0.05) is 88.2 Å². The fourth-order valence-corrected chi connectivity index (χ4v) is 4.98. The Morgan fingerprint density at radius 3 is 2.45 bits per heavy atom. The van der Waals surface area contributed by atoms with E-state index < -0.39 is 6.04 Å². The SMILES string of the molecule is CC(c1nc2ccccc2c(=O)n1-c1ccccc1Cl)N(Cc1ccccc1)C(=O)Nc1cccc(Br)c1. The molecule has 6 nitrogen and oxygen atoms in total. The lowest BCUT2D eigenvalue weighted by Gasteiger charge is -2.31. The third-order valence-corrected chi connectivity index (χ3v) is 7.08. The Labute approximate surface area is 233 Å². The van der Waals surface area contributed by atoms with Gasteiger partial charge in [0.2, 0.25) is 0 Å². The summed E-state index contributed by atoms with van der Waals surface area (Å²) in [6.07, 6.45) is 0. The van der Waals surface area contributed by atoms with E-state index in [0.717, 1.165) is 10.0 Å². The standard InChI is InChI=1S/C30H24BrClN4O2/c1-20(35(19-21-10-3-2-4-11-21)30(38)33-23-13-9-12-22(31)18-23)28-34-26-16-7-5-14-24(26)29(37)36(28)27-17-8-6-15-25(27)32/h2-18,20H,19H2,1H3,(H,33,38). The Bertz CT molecular complexity index is 1670. The number of urea groups is 1. The molecule has 190 valence electrons. The van der Waals surface area contributed by atoms with Crippen molar-refractivity contribution in [3.8, 4) is 5.69 Å². The molecule has 5 rings (SSSR count). The minimum atomic E-state index is -0.601. The summed E-state index contributed by atoms with van der Waals surface area (Å²) in [5, 5.41) is 3.87. The van der Waals surface area contributed by atoms with Gasteiger partial charge in [-0.3, -0.25) is 9.36 Å². The Morgan fingerprint density at radius 1 is 0.974 bits per heavy atom. The van der Waals surface area contributed by atoms with Crippen molar-refractivity contribution in [1.29, 1.82) is 0 Å². The maximum atomic E-state index is 13.8. The molecular formula is C30H24BrClN4O2. The molecule has 1 aromatic heterocycles.